The molecule has 0 fully saturated rings. The minimum atomic E-state index is -0.405. The predicted molar refractivity (Wildman–Crippen MR) is 72.9 cm³/mol. The normalized spacial score (nSPS) is 10.9. The van der Waals surface area contributed by atoms with Crippen molar-refractivity contribution in [3.8, 4) is 10.9 Å². The van der Waals surface area contributed by atoms with Crippen LogP contribution in [0.5, 0.6) is 10.9 Å². The molecule has 1 heterocycles. The van der Waals surface area contributed by atoms with E-state index in [0.29, 0.717) is 17.7 Å². The van der Waals surface area contributed by atoms with E-state index in [-0.39, 0.29) is 5.75 Å². The monoisotopic (exact) mass is 281 g/mol. The summed E-state index contributed by atoms with van der Waals surface area (Å²) in [5.74, 6) is 0.347. The molecule has 0 aliphatic rings. The van der Waals surface area contributed by atoms with Crippen LogP contribution >= 0.6 is 11.3 Å². The zero-order chi connectivity index (χ0) is 13.7. The largest absolute Gasteiger partial charge is 0.427 e. The molecule has 0 atom stereocenters. The summed E-state index contributed by atoms with van der Waals surface area (Å²) in [6, 6.07) is 6.24. The first-order chi connectivity index (χ1) is 9.15. The van der Waals surface area contributed by atoms with Crippen LogP contribution in [0.2, 0.25) is 0 Å². The van der Waals surface area contributed by atoms with E-state index in [2.05, 4.69) is 29.4 Å². The summed E-state index contributed by atoms with van der Waals surface area (Å²) in [5, 5.41) is 12.3. The molecule has 102 valence electrons. The number of aromatic nitrogens is 2. The molecule has 0 aliphatic carbocycles. The molecular formula is C13H16FN3OS. The molecule has 19 heavy (non-hydrogen) atoms. The number of ether oxygens (including phenoxy) is 1. The van der Waals surface area contributed by atoms with Crippen molar-refractivity contribution in [2.45, 2.75) is 20.4 Å². The molecule has 1 aromatic carbocycles. The molecule has 0 radical (unpaired) electrons. The van der Waals surface area contributed by atoms with Gasteiger partial charge >= 0.3 is 0 Å². The van der Waals surface area contributed by atoms with Crippen LogP contribution < -0.4 is 10.1 Å². The number of para-hydroxylation sites is 1. The maximum absolute atomic E-state index is 13.4. The van der Waals surface area contributed by atoms with Gasteiger partial charge in [0.05, 0.1) is 0 Å². The summed E-state index contributed by atoms with van der Waals surface area (Å²) in [5.41, 5.74) is 0. The molecule has 2 rings (SSSR count). The lowest BCUT2D eigenvalue weighted by Gasteiger charge is -2.04. The predicted octanol–water partition coefficient (Wildman–Crippen LogP) is 3.22. The van der Waals surface area contributed by atoms with Crippen LogP contribution in [0.1, 0.15) is 18.9 Å². The summed E-state index contributed by atoms with van der Waals surface area (Å²) in [4.78, 5) is 0. The Hall–Kier alpha value is -1.53. The number of benzene rings is 1. The summed E-state index contributed by atoms with van der Waals surface area (Å²) >= 11 is 1.31. The number of halogens is 1. The Morgan fingerprint density at radius 3 is 2.84 bits per heavy atom. The first-order valence-corrected chi connectivity index (χ1v) is 6.92. The van der Waals surface area contributed by atoms with Crippen LogP contribution in [0.15, 0.2) is 24.3 Å². The van der Waals surface area contributed by atoms with E-state index in [4.69, 9.17) is 4.74 Å². The number of hydrogen-bond donors (Lipinski definition) is 1. The lowest BCUT2D eigenvalue weighted by atomic mass is 10.2. The van der Waals surface area contributed by atoms with E-state index in [1.807, 2.05) is 0 Å². The van der Waals surface area contributed by atoms with Crippen molar-refractivity contribution in [2.75, 3.05) is 6.54 Å². The van der Waals surface area contributed by atoms with Crippen molar-refractivity contribution >= 4 is 11.3 Å². The number of nitrogens with zero attached hydrogens (tertiary/aromatic N) is 2. The Kier molecular flexibility index (Phi) is 4.81. The Morgan fingerprint density at radius 2 is 2.11 bits per heavy atom. The third-order valence-corrected chi connectivity index (χ3v) is 3.11. The molecule has 0 saturated carbocycles. The summed E-state index contributed by atoms with van der Waals surface area (Å²) in [6.07, 6.45) is 0. The summed E-state index contributed by atoms with van der Waals surface area (Å²) in [6.45, 7) is 5.85. The van der Waals surface area contributed by atoms with Crippen LogP contribution in [0.3, 0.4) is 0 Å². The molecular weight excluding hydrogens is 265 g/mol. The van der Waals surface area contributed by atoms with Crippen molar-refractivity contribution in [1.29, 1.82) is 0 Å². The third kappa shape index (κ3) is 4.25. The van der Waals surface area contributed by atoms with E-state index in [9.17, 15) is 4.39 Å². The Morgan fingerprint density at radius 1 is 1.32 bits per heavy atom. The highest BCUT2D eigenvalue weighted by Crippen LogP contribution is 2.26. The average Bonchev–Trinajstić information content (AvgIpc) is 2.79. The van der Waals surface area contributed by atoms with Crippen molar-refractivity contribution in [3.63, 3.8) is 0 Å². The molecule has 1 N–H and O–H groups in total. The van der Waals surface area contributed by atoms with Crippen molar-refractivity contribution in [3.05, 3.63) is 35.1 Å². The molecule has 0 saturated heterocycles. The van der Waals surface area contributed by atoms with Gasteiger partial charge in [0.15, 0.2) is 11.6 Å². The SMILES string of the molecule is CC(C)CNCc1nnc(Oc2ccccc2F)s1. The fraction of sp³-hybridized carbons (Fsp3) is 0.385. The number of hydrogen-bond acceptors (Lipinski definition) is 5. The topological polar surface area (TPSA) is 47.0 Å². The minimum absolute atomic E-state index is 0.167. The van der Waals surface area contributed by atoms with Crippen molar-refractivity contribution in [1.82, 2.24) is 15.5 Å². The average molecular weight is 281 g/mol. The van der Waals surface area contributed by atoms with Gasteiger partial charge in [-0.25, -0.2) is 4.39 Å². The van der Waals surface area contributed by atoms with Gasteiger partial charge in [-0.3, -0.25) is 0 Å². The van der Waals surface area contributed by atoms with Crippen LogP contribution in [0, 0.1) is 11.7 Å². The first-order valence-electron chi connectivity index (χ1n) is 6.10. The molecule has 0 aliphatic heterocycles. The standard InChI is InChI=1S/C13H16FN3OS/c1-9(2)7-15-8-12-16-17-13(19-12)18-11-6-4-3-5-10(11)14/h3-6,9,15H,7-8H2,1-2H3. The maximum atomic E-state index is 13.4. The maximum Gasteiger partial charge on any atom is 0.299 e. The fourth-order valence-corrected chi connectivity index (χ4v) is 2.11. The van der Waals surface area contributed by atoms with Crippen molar-refractivity contribution in [2.24, 2.45) is 5.92 Å². The smallest absolute Gasteiger partial charge is 0.299 e. The van der Waals surface area contributed by atoms with Gasteiger partial charge in [-0.1, -0.05) is 42.4 Å². The fourth-order valence-electron chi connectivity index (χ4n) is 1.44. The molecule has 1 aromatic heterocycles. The highest BCUT2D eigenvalue weighted by Gasteiger charge is 2.09. The molecule has 0 unspecified atom stereocenters. The summed E-state index contributed by atoms with van der Waals surface area (Å²) < 4.78 is 18.8. The highest BCUT2D eigenvalue weighted by molar-refractivity contribution is 7.13. The second kappa shape index (κ2) is 6.58. The van der Waals surface area contributed by atoms with Gasteiger partial charge in [0.1, 0.15) is 5.01 Å². The Labute approximate surface area is 115 Å². The Balaban J connectivity index is 1.92. The number of rotatable bonds is 6. The molecule has 0 amide bonds. The van der Waals surface area contributed by atoms with E-state index < -0.39 is 5.82 Å². The lowest BCUT2D eigenvalue weighted by molar-refractivity contribution is 0.435. The van der Waals surface area contributed by atoms with Gasteiger partial charge in [-0.15, -0.1) is 5.10 Å². The molecule has 2 aromatic rings. The highest BCUT2D eigenvalue weighted by atomic mass is 32.1. The second-order valence-corrected chi connectivity index (χ2v) is 5.54. The lowest BCUT2D eigenvalue weighted by Crippen LogP contribution is -2.18. The van der Waals surface area contributed by atoms with Gasteiger partial charge in [-0.2, -0.15) is 0 Å². The van der Waals surface area contributed by atoms with Gasteiger partial charge in [0.2, 0.25) is 0 Å². The molecule has 6 heteroatoms. The van der Waals surface area contributed by atoms with Gasteiger partial charge < -0.3 is 10.1 Å². The zero-order valence-electron chi connectivity index (χ0n) is 10.9. The molecule has 0 spiro atoms. The quantitative estimate of drug-likeness (QED) is 0.883. The van der Waals surface area contributed by atoms with Gasteiger partial charge in [0, 0.05) is 6.54 Å². The van der Waals surface area contributed by atoms with Crippen LogP contribution in [-0.4, -0.2) is 16.7 Å². The number of nitrogens with one attached hydrogen (secondary N) is 1. The molecule has 0 bridgehead atoms. The van der Waals surface area contributed by atoms with Crippen LogP contribution in [0.25, 0.3) is 0 Å². The van der Waals surface area contributed by atoms with Gasteiger partial charge in [-0.05, 0) is 24.6 Å². The zero-order valence-corrected chi connectivity index (χ0v) is 11.7. The van der Waals surface area contributed by atoms with E-state index in [1.54, 1.807) is 18.2 Å². The molecule has 4 nitrogen and oxygen atoms in total. The van der Waals surface area contributed by atoms with Crippen molar-refractivity contribution < 1.29 is 9.13 Å². The van der Waals surface area contributed by atoms with Gasteiger partial charge in [0.25, 0.3) is 5.19 Å². The van der Waals surface area contributed by atoms with E-state index in [0.717, 1.165) is 11.6 Å². The third-order valence-electron chi connectivity index (χ3n) is 2.31. The Bertz CT molecular complexity index is 530. The minimum Gasteiger partial charge on any atom is -0.427 e. The second-order valence-electron chi connectivity index (χ2n) is 4.52. The first kappa shape index (κ1) is 13.9. The van der Waals surface area contributed by atoms with Crippen LogP contribution in [0.4, 0.5) is 4.39 Å². The van der Waals surface area contributed by atoms with E-state index >= 15 is 0 Å². The van der Waals surface area contributed by atoms with E-state index in [1.165, 1.54) is 17.4 Å². The van der Waals surface area contributed by atoms with Crippen LogP contribution in [-0.2, 0) is 6.54 Å². The summed E-state index contributed by atoms with van der Waals surface area (Å²) in [7, 11) is 0.